The minimum Gasteiger partial charge on any atom is -0.477 e. The Morgan fingerprint density at radius 3 is 2.53 bits per heavy atom. The number of nitrogens with one attached hydrogen (secondary N) is 2. The molecule has 104 valence electrons. The number of aromatic carboxylic acids is 1. The zero-order chi connectivity index (χ0) is 14.5. The van der Waals surface area contributed by atoms with Gasteiger partial charge in [0.25, 0.3) is 0 Å². The topological polar surface area (TPSA) is 91.3 Å². The van der Waals surface area contributed by atoms with Crippen molar-refractivity contribution in [3.8, 4) is 0 Å². The number of rotatable bonds is 6. The Kier molecular flexibility index (Phi) is 5.00. The molecule has 1 heterocycles. The van der Waals surface area contributed by atoms with Crippen molar-refractivity contribution in [3.63, 3.8) is 0 Å². The summed E-state index contributed by atoms with van der Waals surface area (Å²) >= 11 is 0. The van der Waals surface area contributed by atoms with Crippen molar-refractivity contribution in [2.24, 2.45) is 0 Å². The fourth-order valence-corrected chi connectivity index (χ4v) is 1.58. The SMILES string of the molecule is CCNC(C)(C)C(=O)NCc1ccc(C(=O)O)nc1. The number of carboxylic acid groups (broad SMARTS) is 1. The molecule has 6 nitrogen and oxygen atoms in total. The molecule has 3 N–H and O–H groups in total. The number of hydrogen-bond acceptors (Lipinski definition) is 4. The van der Waals surface area contributed by atoms with Crippen molar-refractivity contribution in [1.29, 1.82) is 0 Å². The quantitative estimate of drug-likeness (QED) is 0.707. The molecule has 0 aliphatic carbocycles. The van der Waals surface area contributed by atoms with Crippen LogP contribution in [0.3, 0.4) is 0 Å². The normalized spacial score (nSPS) is 11.1. The molecular weight excluding hydrogens is 246 g/mol. The first-order chi connectivity index (χ1) is 8.86. The van der Waals surface area contributed by atoms with Gasteiger partial charge >= 0.3 is 5.97 Å². The van der Waals surface area contributed by atoms with Crippen LogP contribution in [0.15, 0.2) is 18.3 Å². The van der Waals surface area contributed by atoms with Gasteiger partial charge < -0.3 is 15.7 Å². The van der Waals surface area contributed by atoms with Crippen molar-refractivity contribution < 1.29 is 14.7 Å². The highest BCUT2D eigenvalue weighted by molar-refractivity contribution is 5.86. The molecule has 0 atom stereocenters. The second-order valence-corrected chi connectivity index (χ2v) is 4.69. The van der Waals surface area contributed by atoms with E-state index in [4.69, 9.17) is 5.11 Å². The predicted octanol–water partition coefficient (Wildman–Crippen LogP) is 0.784. The van der Waals surface area contributed by atoms with E-state index in [2.05, 4.69) is 15.6 Å². The maximum atomic E-state index is 11.9. The molecular formula is C13H19N3O3. The van der Waals surface area contributed by atoms with Gasteiger partial charge in [-0.2, -0.15) is 0 Å². The highest BCUT2D eigenvalue weighted by atomic mass is 16.4. The first kappa shape index (κ1) is 15.1. The van der Waals surface area contributed by atoms with Gasteiger partial charge in [-0.1, -0.05) is 13.0 Å². The summed E-state index contributed by atoms with van der Waals surface area (Å²) < 4.78 is 0. The molecule has 0 saturated heterocycles. The molecule has 0 unspecified atom stereocenters. The Morgan fingerprint density at radius 2 is 2.05 bits per heavy atom. The number of carbonyl (C=O) groups excluding carboxylic acids is 1. The molecule has 1 aromatic heterocycles. The molecule has 1 aromatic rings. The van der Waals surface area contributed by atoms with Gasteiger partial charge in [0.1, 0.15) is 5.69 Å². The molecule has 1 amide bonds. The third kappa shape index (κ3) is 4.33. The maximum absolute atomic E-state index is 11.9. The summed E-state index contributed by atoms with van der Waals surface area (Å²) in [5.41, 5.74) is 0.108. The van der Waals surface area contributed by atoms with Crippen molar-refractivity contribution in [3.05, 3.63) is 29.6 Å². The predicted molar refractivity (Wildman–Crippen MR) is 70.8 cm³/mol. The second kappa shape index (κ2) is 6.29. The number of aromatic nitrogens is 1. The first-order valence-electron chi connectivity index (χ1n) is 6.08. The highest BCUT2D eigenvalue weighted by Gasteiger charge is 2.25. The monoisotopic (exact) mass is 265 g/mol. The third-order valence-corrected chi connectivity index (χ3v) is 2.68. The molecule has 6 heteroatoms. The number of carboxylic acids is 1. The molecule has 0 aliphatic rings. The molecule has 0 aromatic carbocycles. The number of nitrogens with zero attached hydrogens (tertiary/aromatic N) is 1. The van der Waals surface area contributed by atoms with Crippen molar-refractivity contribution in [2.75, 3.05) is 6.54 Å². The molecule has 0 aliphatic heterocycles. The average molecular weight is 265 g/mol. The summed E-state index contributed by atoms with van der Waals surface area (Å²) in [7, 11) is 0. The van der Waals surface area contributed by atoms with Crippen LogP contribution in [-0.4, -0.2) is 34.1 Å². The fraction of sp³-hybridized carbons (Fsp3) is 0.462. The minimum atomic E-state index is -1.07. The lowest BCUT2D eigenvalue weighted by molar-refractivity contribution is -0.126. The fourth-order valence-electron chi connectivity index (χ4n) is 1.58. The van der Waals surface area contributed by atoms with E-state index in [0.29, 0.717) is 13.1 Å². The van der Waals surface area contributed by atoms with Crippen LogP contribution in [-0.2, 0) is 11.3 Å². The van der Waals surface area contributed by atoms with Crippen LogP contribution < -0.4 is 10.6 Å². The maximum Gasteiger partial charge on any atom is 0.354 e. The Labute approximate surface area is 112 Å². The van der Waals surface area contributed by atoms with Gasteiger partial charge in [0, 0.05) is 12.7 Å². The number of pyridine rings is 1. The van der Waals surface area contributed by atoms with Crippen LogP contribution in [0.25, 0.3) is 0 Å². The van der Waals surface area contributed by atoms with Gasteiger partial charge in [-0.25, -0.2) is 9.78 Å². The van der Waals surface area contributed by atoms with Crippen molar-refractivity contribution in [1.82, 2.24) is 15.6 Å². The second-order valence-electron chi connectivity index (χ2n) is 4.69. The van der Waals surface area contributed by atoms with Gasteiger partial charge in [-0.3, -0.25) is 4.79 Å². The summed E-state index contributed by atoms with van der Waals surface area (Å²) in [6.45, 7) is 6.56. The van der Waals surface area contributed by atoms with Crippen LogP contribution in [0.4, 0.5) is 0 Å². The first-order valence-corrected chi connectivity index (χ1v) is 6.08. The van der Waals surface area contributed by atoms with Gasteiger partial charge in [0.2, 0.25) is 5.91 Å². The number of carbonyl (C=O) groups is 2. The molecule has 0 bridgehead atoms. The molecule has 0 radical (unpaired) electrons. The Morgan fingerprint density at radius 1 is 1.37 bits per heavy atom. The zero-order valence-corrected chi connectivity index (χ0v) is 11.4. The van der Waals surface area contributed by atoms with Crippen molar-refractivity contribution >= 4 is 11.9 Å². The Balaban J connectivity index is 2.57. The van der Waals surface area contributed by atoms with Gasteiger partial charge in [-0.15, -0.1) is 0 Å². The smallest absolute Gasteiger partial charge is 0.354 e. The molecule has 19 heavy (non-hydrogen) atoms. The van der Waals surface area contributed by atoms with Crippen LogP contribution in [0.1, 0.15) is 36.8 Å². The van der Waals surface area contributed by atoms with E-state index in [-0.39, 0.29) is 11.6 Å². The zero-order valence-electron chi connectivity index (χ0n) is 11.4. The largest absolute Gasteiger partial charge is 0.477 e. The molecule has 0 saturated carbocycles. The van der Waals surface area contributed by atoms with Gasteiger partial charge in [0.15, 0.2) is 0 Å². The number of likely N-dealkylation sites (N-methyl/N-ethyl adjacent to an activating group) is 1. The lowest BCUT2D eigenvalue weighted by Crippen LogP contribution is -2.52. The van der Waals surface area contributed by atoms with E-state index in [9.17, 15) is 9.59 Å². The summed E-state index contributed by atoms with van der Waals surface area (Å²) in [4.78, 5) is 26.3. The van der Waals surface area contributed by atoms with Crippen LogP contribution in [0.5, 0.6) is 0 Å². The number of amides is 1. The summed E-state index contributed by atoms with van der Waals surface area (Å²) in [6.07, 6.45) is 1.45. The van der Waals surface area contributed by atoms with Crippen LogP contribution in [0, 0.1) is 0 Å². The lowest BCUT2D eigenvalue weighted by Gasteiger charge is -2.24. The van der Waals surface area contributed by atoms with Gasteiger partial charge in [-0.05, 0) is 32.0 Å². The molecule has 0 spiro atoms. The van der Waals surface area contributed by atoms with E-state index in [1.807, 2.05) is 6.92 Å². The summed E-state index contributed by atoms with van der Waals surface area (Å²) in [6, 6.07) is 3.05. The third-order valence-electron chi connectivity index (χ3n) is 2.68. The van der Waals surface area contributed by atoms with Crippen molar-refractivity contribution in [2.45, 2.75) is 32.9 Å². The average Bonchev–Trinajstić information content (AvgIpc) is 2.36. The minimum absolute atomic E-state index is 0.0111. The van der Waals surface area contributed by atoms with E-state index in [0.717, 1.165) is 5.56 Å². The Hall–Kier alpha value is -1.95. The van der Waals surface area contributed by atoms with Crippen LogP contribution in [0.2, 0.25) is 0 Å². The number of hydrogen-bond donors (Lipinski definition) is 3. The molecule has 1 rings (SSSR count). The summed E-state index contributed by atoms with van der Waals surface area (Å²) in [5, 5.41) is 14.6. The standard InChI is InChI=1S/C13H19N3O3/c1-4-16-13(2,3)12(19)15-8-9-5-6-10(11(17)18)14-7-9/h5-7,16H,4,8H2,1-3H3,(H,15,19)(H,17,18). The van der Waals surface area contributed by atoms with Gasteiger partial charge in [0.05, 0.1) is 5.54 Å². The highest BCUT2D eigenvalue weighted by Crippen LogP contribution is 2.04. The van der Waals surface area contributed by atoms with E-state index < -0.39 is 11.5 Å². The van der Waals surface area contributed by atoms with Crippen LogP contribution >= 0.6 is 0 Å². The van der Waals surface area contributed by atoms with E-state index in [1.54, 1.807) is 19.9 Å². The molecule has 0 fully saturated rings. The van der Waals surface area contributed by atoms with E-state index >= 15 is 0 Å². The summed E-state index contributed by atoms with van der Waals surface area (Å²) in [5.74, 6) is -1.18. The Bertz CT molecular complexity index is 455. The van der Waals surface area contributed by atoms with E-state index in [1.165, 1.54) is 12.3 Å². The lowest BCUT2D eigenvalue weighted by atomic mass is 10.0.